The molecule has 0 N–H and O–H groups in total. The number of nitrogens with zero attached hydrogens (tertiary/aromatic N) is 1. The second-order valence-electron chi connectivity index (χ2n) is 3.89. The van der Waals surface area contributed by atoms with Crippen LogP contribution in [0.25, 0.3) is 0 Å². The van der Waals surface area contributed by atoms with E-state index in [1.165, 1.54) is 12.8 Å². The van der Waals surface area contributed by atoms with Gasteiger partial charge in [-0.1, -0.05) is 0 Å². The Morgan fingerprint density at radius 2 is 1.53 bits per heavy atom. The monoisotopic (exact) mass is 293 g/mol. The van der Waals surface area contributed by atoms with Crippen molar-refractivity contribution in [2.24, 2.45) is 0 Å². The smallest absolute Gasteiger partial charge is 0.147 e. The molecule has 0 aliphatic carbocycles. The van der Waals surface area contributed by atoms with E-state index in [-0.39, 0.29) is 44.6 Å². The van der Waals surface area contributed by atoms with E-state index >= 15 is 0 Å². The van der Waals surface area contributed by atoms with Crippen LogP contribution < -0.4 is 0 Å². The van der Waals surface area contributed by atoms with Gasteiger partial charge in [-0.3, -0.25) is 0 Å². The van der Waals surface area contributed by atoms with Crippen LogP contribution >= 0.6 is 24.8 Å². The average Bonchev–Trinajstić information content (AvgIpc) is 2.02. The van der Waals surface area contributed by atoms with Crippen LogP contribution in [0.4, 0.5) is 0 Å². The molecule has 0 aliphatic rings. The average molecular weight is 294 g/mol. The van der Waals surface area contributed by atoms with E-state index in [0.29, 0.717) is 12.1 Å². The Morgan fingerprint density at radius 1 is 1.07 bits per heavy atom. The van der Waals surface area contributed by atoms with Gasteiger partial charge in [0.05, 0.1) is 0 Å². The zero-order valence-corrected chi connectivity index (χ0v) is 13.6. The van der Waals surface area contributed by atoms with Gasteiger partial charge in [0.1, 0.15) is 0 Å². The van der Waals surface area contributed by atoms with E-state index < -0.39 is 0 Å². The normalized spacial score (nSPS) is 10.1. The van der Waals surface area contributed by atoms with Crippen molar-refractivity contribution in [2.45, 2.75) is 59.5 Å². The number of hydrogen-bond donors (Lipinski definition) is 0. The SMILES string of the molecule is CCCC[O][Ti][N](C(C)C)C(C)C.Cl.Cl. The Morgan fingerprint density at radius 3 is 1.87 bits per heavy atom. The van der Waals surface area contributed by atoms with Crippen molar-refractivity contribution < 1.29 is 23.1 Å². The van der Waals surface area contributed by atoms with Crippen LogP contribution in [0.1, 0.15) is 47.5 Å². The van der Waals surface area contributed by atoms with Gasteiger partial charge in [-0.25, -0.2) is 0 Å². The largest absolute Gasteiger partial charge is 0.147 e. The molecule has 94 valence electrons. The molecule has 0 unspecified atom stereocenters. The molecule has 0 saturated carbocycles. The van der Waals surface area contributed by atoms with Crippen LogP contribution in [-0.4, -0.2) is 22.1 Å². The van der Waals surface area contributed by atoms with Gasteiger partial charge in [-0.05, 0) is 0 Å². The third-order valence-electron chi connectivity index (χ3n) is 1.88. The summed E-state index contributed by atoms with van der Waals surface area (Å²) in [7, 11) is 0. The number of rotatable bonds is 7. The topological polar surface area (TPSA) is 12.5 Å². The number of unbranched alkanes of at least 4 members (excludes halogenated alkanes) is 1. The van der Waals surface area contributed by atoms with Crippen molar-refractivity contribution in [3.8, 4) is 0 Å². The van der Waals surface area contributed by atoms with Gasteiger partial charge < -0.3 is 0 Å². The molecule has 0 bridgehead atoms. The molecule has 0 spiro atoms. The fourth-order valence-electron chi connectivity index (χ4n) is 1.14. The van der Waals surface area contributed by atoms with E-state index in [1.54, 1.807) is 0 Å². The summed E-state index contributed by atoms with van der Waals surface area (Å²) in [6, 6.07) is 1.25. The summed E-state index contributed by atoms with van der Waals surface area (Å²) < 4.78 is 8.19. The Labute approximate surface area is 117 Å². The molecule has 0 rings (SSSR count). The zero-order chi connectivity index (χ0) is 10.3. The Bertz CT molecular complexity index is 118. The minimum atomic E-state index is -0.334. The van der Waals surface area contributed by atoms with Crippen molar-refractivity contribution in [3.63, 3.8) is 0 Å². The molecule has 2 nitrogen and oxygen atoms in total. The predicted molar refractivity (Wildman–Crippen MR) is 67.5 cm³/mol. The maximum Gasteiger partial charge on any atom is -0.147 e. The number of halogens is 2. The second-order valence-corrected chi connectivity index (χ2v) is 5.43. The van der Waals surface area contributed by atoms with Gasteiger partial charge in [0.15, 0.2) is 0 Å². The third kappa shape index (κ3) is 11.5. The fourth-order valence-corrected chi connectivity index (χ4v) is 2.40. The van der Waals surface area contributed by atoms with Crippen molar-refractivity contribution in [1.29, 1.82) is 0 Å². The van der Waals surface area contributed by atoms with Crippen LogP contribution in [0.15, 0.2) is 0 Å². The summed E-state index contributed by atoms with van der Waals surface area (Å²) in [5, 5.41) is 0. The summed E-state index contributed by atoms with van der Waals surface area (Å²) in [5.41, 5.74) is 0. The van der Waals surface area contributed by atoms with Crippen LogP contribution in [0.5, 0.6) is 0 Å². The molecule has 0 saturated heterocycles. The first-order chi connectivity index (χ1) is 6.09. The molecule has 0 aliphatic heterocycles. The standard InChI is InChI=1S/C6H14N.C4H9O.2ClH.Ti/c1-5(2)7-6(3)4;1-2-3-4-5;;;/h5-6H,1-4H3;2-4H2,1H3;2*1H;/q2*-1;;;+2. The van der Waals surface area contributed by atoms with Gasteiger partial charge in [-0.15, -0.1) is 24.8 Å². The minimum absolute atomic E-state index is 0. The number of hydrogen-bond acceptors (Lipinski definition) is 2. The quantitative estimate of drug-likeness (QED) is 0.524. The first kappa shape index (κ1) is 21.5. The molecule has 0 radical (unpaired) electrons. The van der Waals surface area contributed by atoms with E-state index in [1.807, 2.05) is 0 Å². The van der Waals surface area contributed by atoms with Crippen molar-refractivity contribution in [2.75, 3.05) is 6.61 Å². The molecule has 5 heteroatoms. The van der Waals surface area contributed by atoms with E-state index in [9.17, 15) is 0 Å². The molecule has 15 heavy (non-hydrogen) atoms. The molecular formula is C10H25Cl2NOTi. The van der Waals surface area contributed by atoms with Crippen molar-refractivity contribution in [3.05, 3.63) is 0 Å². The molecular weight excluding hydrogens is 269 g/mol. The second kappa shape index (κ2) is 13.3. The van der Waals surface area contributed by atoms with Crippen LogP contribution in [-0.2, 0) is 23.1 Å². The summed E-state index contributed by atoms with van der Waals surface area (Å²) in [6.45, 7) is 12.1. The van der Waals surface area contributed by atoms with Gasteiger partial charge in [0, 0.05) is 0 Å². The van der Waals surface area contributed by atoms with Gasteiger partial charge in [0.2, 0.25) is 0 Å². The van der Waals surface area contributed by atoms with E-state index in [2.05, 4.69) is 38.0 Å². The zero-order valence-electron chi connectivity index (χ0n) is 10.4. The Hall–Kier alpha value is 1.21. The van der Waals surface area contributed by atoms with Crippen molar-refractivity contribution in [1.82, 2.24) is 3.38 Å². The fraction of sp³-hybridized carbons (Fsp3) is 1.00. The third-order valence-corrected chi connectivity index (χ3v) is 4.34. The first-order valence-electron chi connectivity index (χ1n) is 5.25. The van der Waals surface area contributed by atoms with E-state index in [0.717, 1.165) is 6.61 Å². The maximum absolute atomic E-state index is 5.71. The van der Waals surface area contributed by atoms with Crippen LogP contribution in [0, 0.1) is 0 Å². The summed E-state index contributed by atoms with van der Waals surface area (Å²) in [4.78, 5) is 0. The first-order valence-corrected chi connectivity index (χ1v) is 6.59. The van der Waals surface area contributed by atoms with Gasteiger partial charge >= 0.3 is 92.6 Å². The van der Waals surface area contributed by atoms with E-state index in [4.69, 9.17) is 3.32 Å². The Kier molecular flexibility index (Phi) is 19.0. The predicted octanol–water partition coefficient (Wildman–Crippen LogP) is 3.68. The van der Waals surface area contributed by atoms with Gasteiger partial charge in [0.25, 0.3) is 0 Å². The molecule has 0 fully saturated rings. The molecule has 0 atom stereocenters. The van der Waals surface area contributed by atoms with Crippen molar-refractivity contribution >= 4 is 24.8 Å². The molecule has 0 aromatic heterocycles. The molecule has 0 amide bonds. The van der Waals surface area contributed by atoms with Crippen LogP contribution in [0.3, 0.4) is 0 Å². The maximum atomic E-state index is 5.71. The summed E-state index contributed by atoms with van der Waals surface area (Å²) in [5.74, 6) is 0. The summed E-state index contributed by atoms with van der Waals surface area (Å²) >= 11 is -0.334. The van der Waals surface area contributed by atoms with Crippen LogP contribution in [0.2, 0.25) is 0 Å². The molecule has 0 aromatic rings. The Balaban J connectivity index is -0.000000720. The minimum Gasteiger partial charge on any atom is -0.147 e. The van der Waals surface area contributed by atoms with Gasteiger partial charge in [-0.2, -0.15) is 0 Å². The molecule has 0 aromatic carbocycles. The summed E-state index contributed by atoms with van der Waals surface area (Å²) in [6.07, 6.45) is 2.43. The molecule has 0 heterocycles.